The second kappa shape index (κ2) is 7.55. The van der Waals surface area contributed by atoms with Crippen LogP contribution < -0.4 is 9.64 Å². The second-order valence-corrected chi connectivity index (χ2v) is 7.43. The van der Waals surface area contributed by atoms with Crippen molar-refractivity contribution in [2.24, 2.45) is 11.8 Å². The average molecular weight is 380 g/mol. The lowest BCUT2D eigenvalue weighted by Crippen LogP contribution is -2.38. The molecule has 1 saturated heterocycles. The molecule has 1 fully saturated rings. The van der Waals surface area contributed by atoms with Crippen LogP contribution in [-0.2, 0) is 6.61 Å². The van der Waals surface area contributed by atoms with Gasteiger partial charge in [-0.3, -0.25) is 0 Å². The number of anilines is 1. The van der Waals surface area contributed by atoms with E-state index >= 15 is 0 Å². The van der Waals surface area contributed by atoms with Gasteiger partial charge in [0.1, 0.15) is 11.8 Å². The van der Waals surface area contributed by atoms with E-state index in [1.807, 2.05) is 0 Å². The molecule has 0 saturated carbocycles. The topological polar surface area (TPSA) is 62.3 Å². The van der Waals surface area contributed by atoms with E-state index in [4.69, 9.17) is 32.4 Å². The van der Waals surface area contributed by atoms with Crippen molar-refractivity contribution in [3.63, 3.8) is 0 Å². The standard InChI is InChI=1S/C18H19Cl2N3O2/c1-11-5-12(2)9-23(8-11)18-15(7-21)22-17(25-18)10-24-16-4-3-13(19)6-14(16)20/h3-4,6,11-12H,5,8-10H2,1-2H3/t11-,12-/m0/s1. The molecule has 1 aromatic carbocycles. The Hall–Kier alpha value is -1.90. The summed E-state index contributed by atoms with van der Waals surface area (Å²) in [5, 5.41) is 10.3. The number of nitrogens with zero attached hydrogens (tertiary/aromatic N) is 3. The van der Waals surface area contributed by atoms with Crippen molar-refractivity contribution in [3.05, 3.63) is 39.8 Å². The highest BCUT2D eigenvalue weighted by atomic mass is 35.5. The van der Waals surface area contributed by atoms with Gasteiger partial charge in [0.05, 0.1) is 5.02 Å². The number of oxazole rings is 1. The number of hydrogen-bond donors (Lipinski definition) is 0. The van der Waals surface area contributed by atoms with Crippen LogP contribution in [0.4, 0.5) is 5.88 Å². The van der Waals surface area contributed by atoms with Crippen LogP contribution in [0.3, 0.4) is 0 Å². The first-order valence-electron chi connectivity index (χ1n) is 8.19. The number of piperidine rings is 1. The summed E-state index contributed by atoms with van der Waals surface area (Å²) in [6, 6.07) is 7.11. The SMILES string of the molecule is C[C@H]1C[C@H](C)CN(c2oc(COc3ccc(Cl)cc3Cl)nc2C#N)C1. The maximum Gasteiger partial charge on any atom is 0.236 e. The lowest BCUT2D eigenvalue weighted by atomic mass is 9.92. The fourth-order valence-corrected chi connectivity index (χ4v) is 3.73. The van der Waals surface area contributed by atoms with E-state index in [2.05, 4.69) is 29.8 Å². The minimum atomic E-state index is 0.0922. The zero-order valence-electron chi connectivity index (χ0n) is 14.1. The molecule has 7 heteroatoms. The Kier molecular flexibility index (Phi) is 5.41. The summed E-state index contributed by atoms with van der Waals surface area (Å²) in [4.78, 5) is 6.35. The van der Waals surface area contributed by atoms with Crippen LogP contribution in [-0.4, -0.2) is 18.1 Å². The Morgan fingerprint density at radius 1 is 1.32 bits per heavy atom. The molecule has 0 N–H and O–H groups in total. The van der Waals surface area contributed by atoms with Crippen LogP contribution in [0, 0.1) is 23.2 Å². The van der Waals surface area contributed by atoms with Crippen LogP contribution >= 0.6 is 23.2 Å². The third-order valence-corrected chi connectivity index (χ3v) is 4.69. The summed E-state index contributed by atoms with van der Waals surface area (Å²) in [5.74, 6) is 2.47. The number of nitriles is 1. The van der Waals surface area contributed by atoms with Crippen molar-refractivity contribution in [2.75, 3.05) is 18.0 Å². The van der Waals surface area contributed by atoms with E-state index in [-0.39, 0.29) is 6.61 Å². The van der Waals surface area contributed by atoms with Gasteiger partial charge in [-0.2, -0.15) is 10.2 Å². The monoisotopic (exact) mass is 379 g/mol. The highest BCUT2D eigenvalue weighted by Gasteiger charge is 2.27. The number of rotatable bonds is 4. The fourth-order valence-electron chi connectivity index (χ4n) is 3.26. The second-order valence-electron chi connectivity index (χ2n) is 6.59. The number of aromatic nitrogens is 1. The lowest BCUT2D eigenvalue weighted by Gasteiger charge is -2.34. The summed E-state index contributed by atoms with van der Waals surface area (Å²) in [5.41, 5.74) is 0.294. The first-order chi connectivity index (χ1) is 12.0. The van der Waals surface area contributed by atoms with E-state index in [9.17, 15) is 5.26 Å². The molecule has 132 valence electrons. The predicted octanol–water partition coefficient (Wildman–Crippen LogP) is 4.91. The van der Waals surface area contributed by atoms with Gasteiger partial charge in [0.15, 0.2) is 6.61 Å². The molecule has 2 atom stereocenters. The van der Waals surface area contributed by atoms with Crippen LogP contribution in [0.5, 0.6) is 5.75 Å². The molecule has 1 aromatic heterocycles. The zero-order valence-corrected chi connectivity index (χ0v) is 15.6. The number of halogens is 2. The van der Waals surface area contributed by atoms with Gasteiger partial charge in [-0.15, -0.1) is 0 Å². The molecule has 2 aromatic rings. The first-order valence-corrected chi connectivity index (χ1v) is 8.94. The molecule has 0 radical (unpaired) electrons. The molecule has 3 rings (SSSR count). The minimum Gasteiger partial charge on any atom is -0.482 e. The Morgan fingerprint density at radius 3 is 2.68 bits per heavy atom. The lowest BCUT2D eigenvalue weighted by molar-refractivity contribution is 0.261. The number of hydrogen-bond acceptors (Lipinski definition) is 5. The Morgan fingerprint density at radius 2 is 2.04 bits per heavy atom. The summed E-state index contributed by atoms with van der Waals surface area (Å²) in [6.45, 7) is 6.22. The zero-order chi connectivity index (χ0) is 18.0. The van der Waals surface area contributed by atoms with E-state index in [1.165, 1.54) is 6.42 Å². The molecule has 2 heterocycles. The van der Waals surface area contributed by atoms with Gasteiger partial charge in [0.25, 0.3) is 0 Å². The molecule has 0 aliphatic carbocycles. The average Bonchev–Trinajstić information content (AvgIpc) is 2.96. The Balaban J connectivity index is 1.75. The van der Waals surface area contributed by atoms with E-state index in [0.717, 1.165) is 13.1 Å². The molecule has 0 amide bonds. The maximum absolute atomic E-state index is 9.38. The maximum atomic E-state index is 9.38. The molecule has 0 spiro atoms. The van der Waals surface area contributed by atoms with Gasteiger partial charge in [-0.25, -0.2) is 0 Å². The number of ether oxygens (including phenoxy) is 1. The smallest absolute Gasteiger partial charge is 0.236 e. The molecule has 5 nitrogen and oxygen atoms in total. The van der Waals surface area contributed by atoms with Crippen molar-refractivity contribution in [2.45, 2.75) is 26.9 Å². The van der Waals surface area contributed by atoms with Crippen molar-refractivity contribution in [1.29, 1.82) is 5.26 Å². The van der Waals surface area contributed by atoms with Crippen molar-refractivity contribution in [1.82, 2.24) is 4.98 Å². The summed E-state index contributed by atoms with van der Waals surface area (Å²) in [6.07, 6.45) is 1.18. The van der Waals surface area contributed by atoms with Crippen molar-refractivity contribution < 1.29 is 9.15 Å². The van der Waals surface area contributed by atoms with Gasteiger partial charge in [0.2, 0.25) is 17.5 Å². The molecule has 1 aliphatic rings. The molecule has 0 bridgehead atoms. The summed E-state index contributed by atoms with van der Waals surface area (Å²) < 4.78 is 11.5. The minimum absolute atomic E-state index is 0.0922. The molecule has 1 aliphatic heterocycles. The Bertz CT molecular complexity index is 790. The quantitative estimate of drug-likeness (QED) is 0.754. The van der Waals surface area contributed by atoms with E-state index in [1.54, 1.807) is 18.2 Å². The van der Waals surface area contributed by atoms with Gasteiger partial charge in [0, 0.05) is 18.1 Å². The molecular weight excluding hydrogens is 361 g/mol. The highest BCUT2D eigenvalue weighted by Crippen LogP contribution is 2.31. The largest absolute Gasteiger partial charge is 0.482 e. The molecule has 0 unspecified atom stereocenters. The van der Waals surface area contributed by atoms with Gasteiger partial charge >= 0.3 is 0 Å². The van der Waals surface area contributed by atoms with Gasteiger partial charge in [-0.1, -0.05) is 37.0 Å². The Labute approximate surface area is 157 Å². The summed E-state index contributed by atoms with van der Waals surface area (Å²) in [7, 11) is 0. The fraction of sp³-hybridized carbons (Fsp3) is 0.444. The van der Waals surface area contributed by atoms with Gasteiger partial charge < -0.3 is 14.1 Å². The van der Waals surface area contributed by atoms with Gasteiger partial charge in [-0.05, 0) is 36.5 Å². The van der Waals surface area contributed by atoms with Crippen molar-refractivity contribution >= 4 is 29.1 Å². The third kappa shape index (κ3) is 4.20. The first kappa shape index (κ1) is 17.9. The van der Waals surface area contributed by atoms with Crippen molar-refractivity contribution in [3.8, 4) is 11.8 Å². The van der Waals surface area contributed by atoms with Crippen LogP contribution in [0.25, 0.3) is 0 Å². The number of benzene rings is 1. The predicted molar refractivity (Wildman–Crippen MR) is 97.2 cm³/mol. The molecular formula is C18H19Cl2N3O2. The van der Waals surface area contributed by atoms with Crippen LogP contribution in [0.1, 0.15) is 31.9 Å². The van der Waals surface area contributed by atoms with Crippen LogP contribution in [0.15, 0.2) is 22.6 Å². The van der Waals surface area contributed by atoms with Crippen LogP contribution in [0.2, 0.25) is 10.0 Å². The van der Waals surface area contributed by atoms with E-state index < -0.39 is 0 Å². The summed E-state index contributed by atoms with van der Waals surface area (Å²) >= 11 is 12.0. The highest BCUT2D eigenvalue weighted by molar-refractivity contribution is 6.35. The van der Waals surface area contributed by atoms with E-state index in [0.29, 0.717) is 45.1 Å². The normalized spacial score (nSPS) is 20.4. The third-order valence-electron chi connectivity index (χ3n) is 4.16. The molecule has 25 heavy (non-hydrogen) atoms.